The second kappa shape index (κ2) is 3.55. The fourth-order valence-corrected chi connectivity index (χ4v) is 1.84. The van der Waals surface area contributed by atoms with Gasteiger partial charge in [0, 0.05) is 25.7 Å². The number of hydrogen-bond donors (Lipinski definition) is 2. The summed E-state index contributed by atoms with van der Waals surface area (Å²) in [7, 11) is 1.95. The maximum atomic E-state index is 9.57. The number of likely N-dealkylation sites (N-methyl/N-ethyl adjacent to an activating group) is 1. The average Bonchev–Trinajstić information content (AvgIpc) is 2.59. The summed E-state index contributed by atoms with van der Waals surface area (Å²) in [6.45, 7) is 0.264. The van der Waals surface area contributed by atoms with Crippen LogP contribution in [0.1, 0.15) is 0 Å². The highest BCUT2D eigenvalue weighted by Gasteiger charge is 2.28. The first-order chi connectivity index (χ1) is 6.72. The van der Waals surface area contributed by atoms with Crippen molar-refractivity contribution in [1.82, 2.24) is 5.01 Å². The highest BCUT2D eigenvalue weighted by atomic mass is 16.3. The number of aliphatic hydroxyl groups is 1. The largest absolute Gasteiger partial charge is 0.387 e. The maximum absolute atomic E-state index is 9.57. The molecule has 0 saturated carbocycles. The SMILES string of the molecule is CN1N=CC2C=C(C(O)CN)C=CC21. The van der Waals surface area contributed by atoms with E-state index in [2.05, 4.69) is 11.2 Å². The van der Waals surface area contributed by atoms with Gasteiger partial charge in [0.25, 0.3) is 0 Å². The van der Waals surface area contributed by atoms with Crippen LogP contribution in [-0.4, -0.2) is 42.1 Å². The Hall–Kier alpha value is -1.13. The first-order valence-electron chi connectivity index (χ1n) is 4.77. The molecule has 4 heteroatoms. The highest BCUT2D eigenvalue weighted by Crippen LogP contribution is 2.25. The van der Waals surface area contributed by atoms with Crippen LogP contribution in [0.5, 0.6) is 0 Å². The maximum Gasteiger partial charge on any atom is 0.0909 e. The fraction of sp³-hybridized carbons (Fsp3) is 0.500. The quantitative estimate of drug-likeness (QED) is 0.634. The number of nitrogens with zero attached hydrogens (tertiary/aromatic N) is 2. The third-order valence-corrected chi connectivity index (χ3v) is 2.73. The van der Waals surface area contributed by atoms with E-state index in [0.717, 1.165) is 5.57 Å². The van der Waals surface area contributed by atoms with E-state index in [-0.39, 0.29) is 12.5 Å². The predicted molar refractivity (Wildman–Crippen MR) is 55.8 cm³/mol. The van der Waals surface area contributed by atoms with E-state index in [4.69, 9.17) is 5.73 Å². The molecule has 0 bridgehead atoms. The zero-order valence-corrected chi connectivity index (χ0v) is 8.17. The minimum Gasteiger partial charge on any atom is -0.387 e. The molecule has 0 aromatic carbocycles. The molecule has 14 heavy (non-hydrogen) atoms. The van der Waals surface area contributed by atoms with Crippen LogP contribution in [-0.2, 0) is 0 Å². The minimum absolute atomic E-state index is 0.264. The molecule has 3 unspecified atom stereocenters. The first kappa shape index (κ1) is 9.43. The fourth-order valence-electron chi connectivity index (χ4n) is 1.84. The second-order valence-electron chi connectivity index (χ2n) is 3.68. The van der Waals surface area contributed by atoms with E-state index in [1.165, 1.54) is 0 Å². The summed E-state index contributed by atoms with van der Waals surface area (Å²) < 4.78 is 0. The zero-order chi connectivity index (χ0) is 10.1. The Balaban J connectivity index is 2.16. The van der Waals surface area contributed by atoms with Gasteiger partial charge in [-0.3, -0.25) is 5.01 Å². The van der Waals surface area contributed by atoms with Crippen molar-refractivity contribution in [3.63, 3.8) is 0 Å². The molecule has 0 aromatic rings. The Morgan fingerprint density at radius 2 is 2.50 bits per heavy atom. The van der Waals surface area contributed by atoms with E-state index in [1.807, 2.05) is 30.4 Å². The summed E-state index contributed by atoms with van der Waals surface area (Å²) in [6.07, 6.45) is 7.38. The van der Waals surface area contributed by atoms with Crippen molar-refractivity contribution in [2.45, 2.75) is 12.1 Å². The van der Waals surface area contributed by atoms with E-state index in [1.54, 1.807) is 0 Å². The molecule has 4 nitrogen and oxygen atoms in total. The lowest BCUT2D eigenvalue weighted by Crippen LogP contribution is -2.30. The molecule has 1 aliphatic carbocycles. The summed E-state index contributed by atoms with van der Waals surface area (Å²) >= 11 is 0. The number of rotatable bonds is 2. The molecule has 0 amide bonds. The Morgan fingerprint density at radius 1 is 1.71 bits per heavy atom. The van der Waals surface area contributed by atoms with Crippen LogP contribution < -0.4 is 5.73 Å². The monoisotopic (exact) mass is 193 g/mol. The summed E-state index contributed by atoms with van der Waals surface area (Å²) in [5.74, 6) is 0.279. The number of hydrazone groups is 1. The number of aliphatic hydroxyl groups excluding tert-OH is 1. The molecule has 3 N–H and O–H groups in total. The molecule has 2 aliphatic rings. The lowest BCUT2D eigenvalue weighted by molar-refractivity contribution is 0.220. The van der Waals surface area contributed by atoms with Crippen molar-refractivity contribution >= 4 is 6.21 Å². The van der Waals surface area contributed by atoms with Gasteiger partial charge in [0.05, 0.1) is 12.1 Å². The van der Waals surface area contributed by atoms with Gasteiger partial charge in [0.1, 0.15) is 0 Å². The predicted octanol–water partition coefficient (Wildman–Crippen LogP) is -0.282. The van der Waals surface area contributed by atoms with Crippen LogP contribution in [0.25, 0.3) is 0 Å². The summed E-state index contributed by atoms with van der Waals surface area (Å²) in [6, 6.07) is 0.309. The van der Waals surface area contributed by atoms with E-state index < -0.39 is 6.10 Å². The van der Waals surface area contributed by atoms with Crippen LogP contribution >= 0.6 is 0 Å². The van der Waals surface area contributed by atoms with Gasteiger partial charge in [-0.15, -0.1) is 0 Å². The van der Waals surface area contributed by atoms with E-state index >= 15 is 0 Å². The minimum atomic E-state index is -0.550. The molecular weight excluding hydrogens is 178 g/mol. The Labute approximate surface area is 83.4 Å². The van der Waals surface area contributed by atoms with Crippen molar-refractivity contribution < 1.29 is 5.11 Å². The second-order valence-corrected chi connectivity index (χ2v) is 3.68. The van der Waals surface area contributed by atoms with Gasteiger partial charge in [-0.1, -0.05) is 18.2 Å². The molecule has 0 fully saturated rings. The first-order valence-corrected chi connectivity index (χ1v) is 4.77. The van der Waals surface area contributed by atoms with Gasteiger partial charge in [-0.05, 0) is 5.57 Å². The van der Waals surface area contributed by atoms with Crippen LogP contribution in [0.3, 0.4) is 0 Å². The molecule has 76 valence electrons. The highest BCUT2D eigenvalue weighted by molar-refractivity contribution is 5.68. The van der Waals surface area contributed by atoms with Gasteiger partial charge >= 0.3 is 0 Å². The molecule has 0 saturated heterocycles. The van der Waals surface area contributed by atoms with Gasteiger partial charge in [-0.25, -0.2) is 0 Å². The van der Waals surface area contributed by atoms with Crippen LogP contribution in [0.4, 0.5) is 0 Å². The van der Waals surface area contributed by atoms with Crippen molar-refractivity contribution in [3.05, 3.63) is 23.8 Å². The van der Waals surface area contributed by atoms with Crippen LogP contribution in [0, 0.1) is 5.92 Å². The topological polar surface area (TPSA) is 61.8 Å². The number of fused-ring (bicyclic) bond motifs is 1. The summed E-state index contributed by atoms with van der Waals surface area (Å²) in [5.41, 5.74) is 6.30. The standard InChI is InChI=1S/C10H15N3O/c1-13-9-3-2-7(10(14)5-11)4-8(9)6-12-13/h2-4,6,8-10,14H,5,11H2,1H3. The van der Waals surface area contributed by atoms with Crippen LogP contribution in [0.15, 0.2) is 28.9 Å². The number of nitrogens with two attached hydrogens (primary N) is 1. The Morgan fingerprint density at radius 3 is 3.21 bits per heavy atom. The third kappa shape index (κ3) is 1.47. The molecule has 1 aliphatic heterocycles. The third-order valence-electron chi connectivity index (χ3n) is 2.73. The lowest BCUT2D eigenvalue weighted by atomic mass is 9.91. The molecule has 3 atom stereocenters. The number of hydrogen-bond acceptors (Lipinski definition) is 4. The van der Waals surface area contributed by atoms with Gasteiger partial charge in [0.2, 0.25) is 0 Å². The molecule has 0 spiro atoms. The Kier molecular flexibility index (Phi) is 2.39. The van der Waals surface area contributed by atoms with Gasteiger partial charge in [0.15, 0.2) is 0 Å². The summed E-state index contributed by atoms with van der Waals surface area (Å²) in [5, 5.41) is 15.7. The molecule has 2 rings (SSSR count). The lowest BCUT2D eigenvalue weighted by Gasteiger charge is -2.24. The molecule has 1 heterocycles. The van der Waals surface area contributed by atoms with E-state index in [0.29, 0.717) is 6.04 Å². The molecule has 0 aromatic heterocycles. The average molecular weight is 193 g/mol. The molecular formula is C10H15N3O. The van der Waals surface area contributed by atoms with E-state index in [9.17, 15) is 5.11 Å². The van der Waals surface area contributed by atoms with Crippen molar-refractivity contribution in [3.8, 4) is 0 Å². The summed E-state index contributed by atoms with van der Waals surface area (Å²) in [4.78, 5) is 0. The van der Waals surface area contributed by atoms with Crippen molar-refractivity contribution in [2.75, 3.05) is 13.6 Å². The van der Waals surface area contributed by atoms with Crippen LogP contribution in [0.2, 0.25) is 0 Å². The van der Waals surface area contributed by atoms with Gasteiger partial charge in [-0.2, -0.15) is 5.10 Å². The smallest absolute Gasteiger partial charge is 0.0909 e. The van der Waals surface area contributed by atoms with Crippen molar-refractivity contribution in [1.29, 1.82) is 0 Å². The Bertz CT molecular complexity index is 308. The van der Waals surface area contributed by atoms with Gasteiger partial charge < -0.3 is 10.8 Å². The normalized spacial score (nSPS) is 31.6. The van der Waals surface area contributed by atoms with Crippen molar-refractivity contribution in [2.24, 2.45) is 16.8 Å². The zero-order valence-electron chi connectivity index (χ0n) is 8.17. The molecule has 0 radical (unpaired) electrons.